The summed E-state index contributed by atoms with van der Waals surface area (Å²) in [7, 11) is 0. The molecule has 0 radical (unpaired) electrons. The number of fused-ring (bicyclic) bond motifs is 1. The van der Waals surface area contributed by atoms with Crippen molar-refractivity contribution in [3.8, 4) is 17.2 Å². The molecule has 1 amide bonds. The van der Waals surface area contributed by atoms with Crippen molar-refractivity contribution < 1.29 is 14.3 Å². The minimum Gasteiger partial charge on any atom is -0.489 e. The van der Waals surface area contributed by atoms with E-state index >= 15 is 0 Å². The molecule has 0 aliphatic heterocycles. The minimum absolute atomic E-state index is 0.184. The number of amides is 1. The van der Waals surface area contributed by atoms with Crippen molar-refractivity contribution in [2.45, 2.75) is 6.61 Å². The molecule has 2 aromatic heterocycles. The summed E-state index contributed by atoms with van der Waals surface area (Å²) in [5.74, 6) is 0.907. The first-order chi connectivity index (χ1) is 17.2. The van der Waals surface area contributed by atoms with Crippen molar-refractivity contribution >= 4 is 22.6 Å². The van der Waals surface area contributed by atoms with E-state index in [1.807, 2.05) is 36.4 Å². The van der Waals surface area contributed by atoms with Crippen LogP contribution in [0.1, 0.15) is 5.56 Å². The summed E-state index contributed by atoms with van der Waals surface area (Å²) in [6, 6.07) is 24.1. The zero-order valence-electron chi connectivity index (χ0n) is 18.5. The predicted octanol–water partition coefficient (Wildman–Crippen LogP) is 3.71. The molecule has 9 heteroatoms. The lowest BCUT2D eigenvalue weighted by Gasteiger charge is -2.12. The van der Waals surface area contributed by atoms with Gasteiger partial charge in [-0.15, -0.1) is 0 Å². The van der Waals surface area contributed by atoms with Gasteiger partial charge in [0.15, 0.2) is 12.3 Å². The number of nitrogens with one attached hydrogen (secondary N) is 2. The van der Waals surface area contributed by atoms with Crippen LogP contribution in [0.4, 0.5) is 5.69 Å². The van der Waals surface area contributed by atoms with Gasteiger partial charge in [0, 0.05) is 0 Å². The maximum atomic E-state index is 12.6. The molecule has 0 saturated heterocycles. The van der Waals surface area contributed by atoms with Crippen molar-refractivity contribution in [3.05, 3.63) is 107 Å². The maximum Gasteiger partial charge on any atom is 0.262 e. The zero-order valence-corrected chi connectivity index (χ0v) is 18.5. The number of anilines is 1. The first-order valence-electron chi connectivity index (χ1n) is 10.9. The molecule has 0 atom stereocenters. The molecule has 2 heterocycles. The van der Waals surface area contributed by atoms with Gasteiger partial charge in [-0.25, -0.2) is 9.67 Å². The largest absolute Gasteiger partial charge is 0.489 e. The number of nitrogens with zero attached hydrogens (tertiary/aromatic N) is 3. The van der Waals surface area contributed by atoms with Crippen molar-refractivity contribution in [1.29, 1.82) is 0 Å². The molecule has 2 N–H and O–H groups in total. The van der Waals surface area contributed by atoms with Crippen molar-refractivity contribution in [2.75, 3.05) is 11.9 Å². The second-order valence-corrected chi connectivity index (χ2v) is 7.62. The summed E-state index contributed by atoms with van der Waals surface area (Å²) in [4.78, 5) is 31.3. The molecule has 0 aliphatic rings. The Morgan fingerprint density at radius 1 is 0.914 bits per heavy atom. The van der Waals surface area contributed by atoms with E-state index in [1.54, 1.807) is 42.5 Å². The van der Waals surface area contributed by atoms with E-state index in [-0.39, 0.29) is 18.1 Å². The van der Waals surface area contributed by atoms with E-state index in [0.29, 0.717) is 40.5 Å². The molecule has 0 unspecified atom stereocenters. The molecule has 174 valence electrons. The van der Waals surface area contributed by atoms with Crippen LogP contribution >= 0.6 is 0 Å². The number of hydrogen-bond acceptors (Lipinski definition) is 6. The summed E-state index contributed by atoms with van der Waals surface area (Å²) >= 11 is 0. The Morgan fingerprint density at radius 3 is 2.43 bits per heavy atom. The molecule has 0 spiro atoms. The van der Waals surface area contributed by atoms with E-state index in [1.165, 1.54) is 17.2 Å². The molecular weight excluding hydrogens is 446 g/mol. The summed E-state index contributed by atoms with van der Waals surface area (Å²) in [6.45, 7) is 0.286. The number of benzene rings is 3. The second kappa shape index (κ2) is 9.92. The molecule has 3 aromatic carbocycles. The number of H-pyrrole nitrogens is 1. The highest BCUT2D eigenvalue weighted by Gasteiger charge is 2.14. The SMILES string of the molecule is O=C(COc1ccc(OCc2ccccc2)cc1)Nc1ccccc1-n1ncc2c(=O)[nH]cnc21. The highest BCUT2D eigenvalue weighted by molar-refractivity contribution is 5.94. The van der Waals surface area contributed by atoms with Gasteiger partial charge in [-0.3, -0.25) is 9.59 Å². The van der Waals surface area contributed by atoms with Crippen molar-refractivity contribution in [3.63, 3.8) is 0 Å². The predicted molar refractivity (Wildman–Crippen MR) is 131 cm³/mol. The number of carbonyl (C=O) groups excluding carboxylic acids is 1. The Hall–Kier alpha value is -4.92. The molecule has 0 fully saturated rings. The number of aromatic nitrogens is 4. The molecule has 9 nitrogen and oxygen atoms in total. The van der Waals surface area contributed by atoms with Crippen LogP contribution in [0.2, 0.25) is 0 Å². The van der Waals surface area contributed by atoms with Gasteiger partial charge in [-0.1, -0.05) is 42.5 Å². The van der Waals surface area contributed by atoms with Crippen LogP contribution in [0.25, 0.3) is 16.7 Å². The Labute approximate surface area is 200 Å². The van der Waals surface area contributed by atoms with Crippen LogP contribution in [0.15, 0.2) is 96.2 Å². The average molecular weight is 467 g/mol. The summed E-state index contributed by atoms with van der Waals surface area (Å²) in [5.41, 5.74) is 2.27. The number of rotatable bonds is 8. The van der Waals surface area contributed by atoms with Gasteiger partial charge >= 0.3 is 0 Å². The fourth-order valence-electron chi connectivity index (χ4n) is 3.50. The van der Waals surface area contributed by atoms with Gasteiger partial charge in [-0.05, 0) is 42.0 Å². The molecule has 35 heavy (non-hydrogen) atoms. The molecule has 0 saturated carbocycles. The number of hydrogen-bond donors (Lipinski definition) is 2. The highest BCUT2D eigenvalue weighted by Crippen LogP contribution is 2.23. The topological polar surface area (TPSA) is 111 Å². The Morgan fingerprint density at radius 2 is 1.63 bits per heavy atom. The minimum atomic E-state index is -0.343. The van der Waals surface area contributed by atoms with Crippen molar-refractivity contribution in [1.82, 2.24) is 19.7 Å². The lowest BCUT2D eigenvalue weighted by molar-refractivity contribution is -0.118. The average Bonchev–Trinajstić information content (AvgIpc) is 3.33. The van der Waals surface area contributed by atoms with E-state index < -0.39 is 0 Å². The third kappa shape index (κ3) is 5.03. The van der Waals surface area contributed by atoms with E-state index in [4.69, 9.17) is 9.47 Å². The third-order valence-corrected chi connectivity index (χ3v) is 5.22. The maximum absolute atomic E-state index is 12.6. The Balaban J connectivity index is 1.21. The Bertz CT molecular complexity index is 1510. The van der Waals surface area contributed by atoms with Gasteiger partial charge < -0.3 is 19.8 Å². The monoisotopic (exact) mass is 467 g/mol. The molecule has 5 rings (SSSR count). The van der Waals surface area contributed by atoms with Crippen LogP contribution in [0.3, 0.4) is 0 Å². The number of para-hydroxylation sites is 2. The number of aromatic amines is 1. The van der Waals surface area contributed by atoms with Gasteiger partial charge in [0.1, 0.15) is 23.5 Å². The van der Waals surface area contributed by atoms with Gasteiger partial charge in [0.2, 0.25) is 0 Å². The summed E-state index contributed by atoms with van der Waals surface area (Å²) in [5, 5.41) is 7.46. The standard InChI is InChI=1S/C26H21N5O4/c32-24(16-35-20-12-10-19(11-13-20)34-15-18-6-2-1-3-7-18)30-22-8-4-5-9-23(22)31-25-21(14-29-31)26(33)28-17-27-25/h1-14,17H,15-16H2,(H,30,32)(H,27,28,33). The van der Waals surface area contributed by atoms with E-state index in [0.717, 1.165) is 5.56 Å². The molecular formula is C26H21N5O4. The fourth-order valence-corrected chi connectivity index (χ4v) is 3.50. The van der Waals surface area contributed by atoms with Gasteiger partial charge in [-0.2, -0.15) is 5.10 Å². The van der Waals surface area contributed by atoms with Crippen LogP contribution < -0.4 is 20.3 Å². The van der Waals surface area contributed by atoms with E-state index in [2.05, 4.69) is 20.4 Å². The summed E-state index contributed by atoms with van der Waals surface area (Å²) < 4.78 is 12.9. The van der Waals surface area contributed by atoms with Gasteiger partial charge in [0.05, 0.1) is 23.9 Å². The first kappa shape index (κ1) is 21.9. The molecule has 5 aromatic rings. The molecule has 0 aliphatic carbocycles. The fraction of sp³-hybridized carbons (Fsp3) is 0.0769. The number of ether oxygens (including phenoxy) is 2. The van der Waals surface area contributed by atoms with Crippen LogP contribution in [0, 0.1) is 0 Å². The van der Waals surface area contributed by atoms with Crippen molar-refractivity contribution in [2.24, 2.45) is 0 Å². The molecule has 0 bridgehead atoms. The highest BCUT2D eigenvalue weighted by atomic mass is 16.5. The smallest absolute Gasteiger partial charge is 0.262 e. The number of carbonyl (C=O) groups is 1. The van der Waals surface area contributed by atoms with Crippen LogP contribution in [0.5, 0.6) is 11.5 Å². The summed E-state index contributed by atoms with van der Waals surface area (Å²) in [6.07, 6.45) is 2.76. The first-order valence-corrected chi connectivity index (χ1v) is 10.9. The van der Waals surface area contributed by atoms with E-state index in [9.17, 15) is 9.59 Å². The normalized spacial score (nSPS) is 10.7. The lowest BCUT2D eigenvalue weighted by atomic mass is 10.2. The quantitative estimate of drug-likeness (QED) is 0.360. The van der Waals surface area contributed by atoms with Crippen LogP contribution in [-0.4, -0.2) is 32.3 Å². The second-order valence-electron chi connectivity index (χ2n) is 7.62. The van der Waals surface area contributed by atoms with Crippen LogP contribution in [-0.2, 0) is 11.4 Å². The third-order valence-electron chi connectivity index (χ3n) is 5.22. The van der Waals surface area contributed by atoms with Gasteiger partial charge in [0.25, 0.3) is 11.5 Å². The lowest BCUT2D eigenvalue weighted by Crippen LogP contribution is -2.21. The Kier molecular flexibility index (Phi) is 6.21. The zero-order chi connectivity index (χ0) is 24.0.